The predicted molar refractivity (Wildman–Crippen MR) is 91.1 cm³/mol. The maximum Gasteiger partial charge on any atom is 0.431 e. The van der Waals surface area contributed by atoms with Gasteiger partial charge in [0.1, 0.15) is 11.8 Å². The van der Waals surface area contributed by atoms with Crippen molar-refractivity contribution in [1.82, 2.24) is 9.13 Å². The molecular formula is C16H15ClF3N3O3. The van der Waals surface area contributed by atoms with Crippen LogP contribution in [-0.2, 0) is 18.1 Å². The number of oxime groups is 1. The summed E-state index contributed by atoms with van der Waals surface area (Å²) in [5, 5.41) is 3.98. The molecule has 0 aliphatic rings. The molecule has 0 unspecified atom stereocenters. The summed E-state index contributed by atoms with van der Waals surface area (Å²) in [5.74, 6) is 0. The summed E-state index contributed by atoms with van der Waals surface area (Å²) in [5.41, 5.74) is -3.18. The molecule has 0 aliphatic heterocycles. The lowest BCUT2D eigenvalue weighted by Gasteiger charge is -2.14. The molecule has 10 heteroatoms. The summed E-state index contributed by atoms with van der Waals surface area (Å²) in [6.45, 7) is 3.53. The van der Waals surface area contributed by atoms with E-state index in [4.69, 9.17) is 16.4 Å². The van der Waals surface area contributed by atoms with Crippen LogP contribution in [0.5, 0.6) is 0 Å². The van der Waals surface area contributed by atoms with Gasteiger partial charge in [-0.3, -0.25) is 9.36 Å². The zero-order chi connectivity index (χ0) is 19.6. The molecule has 0 spiro atoms. The molecule has 6 nitrogen and oxygen atoms in total. The minimum atomic E-state index is -4.82. The minimum absolute atomic E-state index is 0.0553. The third-order valence-electron chi connectivity index (χ3n) is 3.31. The Morgan fingerprint density at radius 2 is 1.88 bits per heavy atom. The minimum Gasteiger partial charge on any atom is -0.393 e. The molecule has 0 saturated heterocycles. The SMILES string of the molecule is CC(C)ON=Cc1cc(-n2c(=O)cc(C(F)(F)F)n(C)c2=O)ccc1Cl. The number of alkyl halides is 3. The highest BCUT2D eigenvalue weighted by atomic mass is 35.5. The first kappa shape index (κ1) is 19.8. The van der Waals surface area contributed by atoms with Gasteiger partial charge in [-0.05, 0) is 32.0 Å². The van der Waals surface area contributed by atoms with Gasteiger partial charge in [0.05, 0.1) is 11.9 Å². The van der Waals surface area contributed by atoms with Gasteiger partial charge in [-0.1, -0.05) is 16.8 Å². The Balaban J connectivity index is 2.60. The van der Waals surface area contributed by atoms with Crippen molar-refractivity contribution >= 4 is 17.8 Å². The number of aromatic nitrogens is 2. The van der Waals surface area contributed by atoms with Crippen molar-refractivity contribution in [2.75, 3.05) is 0 Å². The lowest BCUT2D eigenvalue weighted by Crippen LogP contribution is -2.40. The van der Waals surface area contributed by atoms with Gasteiger partial charge >= 0.3 is 11.9 Å². The third-order valence-corrected chi connectivity index (χ3v) is 3.66. The van der Waals surface area contributed by atoms with Crippen LogP contribution in [0.1, 0.15) is 25.1 Å². The first-order valence-electron chi connectivity index (χ1n) is 7.41. The quantitative estimate of drug-likeness (QED) is 0.596. The summed E-state index contributed by atoms with van der Waals surface area (Å²) < 4.78 is 39.7. The maximum atomic E-state index is 12.9. The second-order valence-corrected chi connectivity index (χ2v) is 6.04. The number of hydrogen-bond acceptors (Lipinski definition) is 4. The fourth-order valence-corrected chi connectivity index (χ4v) is 2.28. The van der Waals surface area contributed by atoms with E-state index in [2.05, 4.69) is 5.16 Å². The zero-order valence-corrected chi connectivity index (χ0v) is 14.8. The molecule has 1 heterocycles. The number of benzene rings is 1. The Bertz CT molecular complexity index is 962. The van der Waals surface area contributed by atoms with Gasteiger partial charge in [0, 0.05) is 23.7 Å². The second-order valence-electron chi connectivity index (χ2n) is 5.64. The van der Waals surface area contributed by atoms with E-state index in [1.807, 2.05) is 0 Å². The van der Waals surface area contributed by atoms with E-state index in [9.17, 15) is 22.8 Å². The van der Waals surface area contributed by atoms with Crippen LogP contribution in [0.4, 0.5) is 13.2 Å². The summed E-state index contributed by atoms with van der Waals surface area (Å²) >= 11 is 6.03. The standard InChI is InChI=1S/C16H15ClF3N3O3/c1-9(2)26-21-8-10-6-11(4-5-12(10)17)23-14(24)7-13(16(18,19)20)22(3)15(23)25/h4-9H,1-3H3. The van der Waals surface area contributed by atoms with Gasteiger partial charge < -0.3 is 4.84 Å². The van der Waals surface area contributed by atoms with Gasteiger partial charge in [0.15, 0.2) is 0 Å². The van der Waals surface area contributed by atoms with Gasteiger partial charge in [0.2, 0.25) is 0 Å². The largest absolute Gasteiger partial charge is 0.431 e. The van der Waals surface area contributed by atoms with Crippen molar-refractivity contribution in [3.8, 4) is 5.69 Å². The molecule has 0 N–H and O–H groups in total. The van der Waals surface area contributed by atoms with Gasteiger partial charge in [-0.2, -0.15) is 13.2 Å². The lowest BCUT2D eigenvalue weighted by molar-refractivity contribution is -0.144. The maximum absolute atomic E-state index is 12.9. The highest BCUT2D eigenvalue weighted by molar-refractivity contribution is 6.33. The molecule has 2 rings (SSSR count). The van der Waals surface area contributed by atoms with Crippen molar-refractivity contribution in [2.24, 2.45) is 12.2 Å². The van der Waals surface area contributed by atoms with Crippen LogP contribution >= 0.6 is 11.6 Å². The number of rotatable bonds is 4. The molecule has 0 fully saturated rings. The van der Waals surface area contributed by atoms with Crippen LogP contribution in [-0.4, -0.2) is 21.5 Å². The van der Waals surface area contributed by atoms with E-state index in [1.54, 1.807) is 13.8 Å². The van der Waals surface area contributed by atoms with Crippen LogP contribution in [0.3, 0.4) is 0 Å². The van der Waals surface area contributed by atoms with Gasteiger partial charge in [-0.15, -0.1) is 0 Å². The van der Waals surface area contributed by atoms with Crippen LogP contribution in [0.25, 0.3) is 5.69 Å². The monoisotopic (exact) mass is 389 g/mol. The fraction of sp³-hybridized carbons (Fsp3) is 0.312. The first-order valence-corrected chi connectivity index (χ1v) is 7.79. The Morgan fingerprint density at radius 3 is 2.46 bits per heavy atom. The fourth-order valence-electron chi connectivity index (χ4n) is 2.11. The predicted octanol–water partition coefficient (Wildman–Crippen LogP) is 2.97. The van der Waals surface area contributed by atoms with Crippen molar-refractivity contribution in [1.29, 1.82) is 0 Å². The topological polar surface area (TPSA) is 65.6 Å². The number of hydrogen-bond donors (Lipinski definition) is 0. The molecule has 1 aromatic heterocycles. The molecule has 0 atom stereocenters. The summed E-state index contributed by atoms with van der Waals surface area (Å²) in [7, 11) is 0.940. The highest BCUT2D eigenvalue weighted by Gasteiger charge is 2.35. The molecule has 1 aromatic carbocycles. The Hall–Kier alpha value is -2.55. The van der Waals surface area contributed by atoms with Crippen molar-refractivity contribution in [2.45, 2.75) is 26.1 Å². The number of halogens is 4. The average molecular weight is 390 g/mol. The van der Waals surface area contributed by atoms with Crippen LogP contribution < -0.4 is 11.2 Å². The van der Waals surface area contributed by atoms with Gasteiger partial charge in [0.25, 0.3) is 5.56 Å². The molecule has 0 amide bonds. The van der Waals surface area contributed by atoms with Gasteiger partial charge in [-0.25, -0.2) is 9.36 Å². The molecule has 0 bridgehead atoms. The Kier molecular flexibility index (Phi) is 5.60. The van der Waals surface area contributed by atoms with E-state index >= 15 is 0 Å². The average Bonchev–Trinajstić information content (AvgIpc) is 2.52. The van der Waals surface area contributed by atoms with Crippen LogP contribution in [0, 0.1) is 0 Å². The van der Waals surface area contributed by atoms with E-state index in [-0.39, 0.29) is 16.8 Å². The van der Waals surface area contributed by atoms with E-state index < -0.39 is 23.1 Å². The van der Waals surface area contributed by atoms with E-state index in [0.717, 1.165) is 7.05 Å². The Morgan fingerprint density at radius 1 is 1.23 bits per heavy atom. The van der Waals surface area contributed by atoms with Crippen LogP contribution in [0.2, 0.25) is 5.02 Å². The molecule has 0 radical (unpaired) electrons. The summed E-state index contributed by atoms with van der Waals surface area (Å²) in [6, 6.07) is 4.47. The molecule has 2 aromatic rings. The number of nitrogens with zero attached hydrogens (tertiary/aromatic N) is 3. The van der Waals surface area contributed by atoms with E-state index in [0.29, 0.717) is 20.8 Å². The molecule has 0 aliphatic carbocycles. The second kappa shape index (κ2) is 7.36. The van der Waals surface area contributed by atoms with Crippen molar-refractivity contribution < 1.29 is 18.0 Å². The molecule has 140 valence electrons. The van der Waals surface area contributed by atoms with Crippen LogP contribution in [0.15, 0.2) is 39.0 Å². The molecule has 0 saturated carbocycles. The van der Waals surface area contributed by atoms with Crippen molar-refractivity contribution in [3.05, 3.63) is 61.4 Å². The third kappa shape index (κ3) is 4.16. The molecule has 26 heavy (non-hydrogen) atoms. The smallest absolute Gasteiger partial charge is 0.393 e. The normalized spacial score (nSPS) is 12.2. The summed E-state index contributed by atoms with van der Waals surface area (Å²) in [6.07, 6.45) is -3.71. The summed E-state index contributed by atoms with van der Waals surface area (Å²) in [4.78, 5) is 29.4. The van der Waals surface area contributed by atoms with E-state index in [1.165, 1.54) is 24.4 Å². The lowest BCUT2D eigenvalue weighted by atomic mass is 10.2. The zero-order valence-electron chi connectivity index (χ0n) is 14.0. The first-order chi connectivity index (χ1) is 12.0. The van der Waals surface area contributed by atoms with Crippen molar-refractivity contribution in [3.63, 3.8) is 0 Å². The molecular weight excluding hydrogens is 375 g/mol. The highest BCUT2D eigenvalue weighted by Crippen LogP contribution is 2.27. The Labute approximate surface area is 151 Å².